The average molecular weight is 217 g/mol. The molecule has 3 heteroatoms. The van der Waals surface area contributed by atoms with Gasteiger partial charge in [-0.3, -0.25) is 4.79 Å². The number of rotatable bonds is 1. The SMILES string of the molecule is CN1CCCN(C(=O)c2cc[c]cc2)CC1. The number of amides is 1. The van der Waals surface area contributed by atoms with E-state index < -0.39 is 0 Å². The van der Waals surface area contributed by atoms with Gasteiger partial charge in [-0.15, -0.1) is 0 Å². The molecule has 0 saturated carbocycles. The molecule has 16 heavy (non-hydrogen) atoms. The summed E-state index contributed by atoms with van der Waals surface area (Å²) in [6, 6.07) is 10.2. The number of hydrogen-bond donors (Lipinski definition) is 0. The van der Waals surface area contributed by atoms with Gasteiger partial charge in [0.1, 0.15) is 0 Å². The molecule has 1 saturated heterocycles. The number of hydrogen-bond acceptors (Lipinski definition) is 2. The van der Waals surface area contributed by atoms with Crippen molar-refractivity contribution < 1.29 is 4.79 Å². The highest BCUT2D eigenvalue weighted by molar-refractivity contribution is 5.94. The van der Waals surface area contributed by atoms with Crippen molar-refractivity contribution >= 4 is 5.91 Å². The van der Waals surface area contributed by atoms with Crippen LogP contribution in [0, 0.1) is 6.07 Å². The summed E-state index contributed by atoms with van der Waals surface area (Å²) in [7, 11) is 2.10. The van der Waals surface area contributed by atoms with Gasteiger partial charge in [0.05, 0.1) is 0 Å². The molecule has 2 rings (SSSR count). The van der Waals surface area contributed by atoms with Crippen LogP contribution in [-0.4, -0.2) is 48.9 Å². The lowest BCUT2D eigenvalue weighted by Gasteiger charge is -2.20. The predicted octanol–water partition coefficient (Wildman–Crippen LogP) is 1.26. The van der Waals surface area contributed by atoms with E-state index in [2.05, 4.69) is 18.0 Å². The molecule has 0 unspecified atom stereocenters. The molecule has 1 aliphatic rings. The summed E-state index contributed by atoms with van der Waals surface area (Å²) in [4.78, 5) is 16.4. The maximum Gasteiger partial charge on any atom is 0.253 e. The van der Waals surface area contributed by atoms with Crippen molar-refractivity contribution in [1.82, 2.24) is 9.80 Å². The second-order valence-electron chi connectivity index (χ2n) is 4.24. The highest BCUT2D eigenvalue weighted by Gasteiger charge is 2.18. The first kappa shape index (κ1) is 11.1. The molecule has 3 nitrogen and oxygen atoms in total. The number of likely N-dealkylation sites (N-methyl/N-ethyl adjacent to an activating group) is 1. The Hall–Kier alpha value is -1.35. The van der Waals surface area contributed by atoms with Crippen LogP contribution in [0.2, 0.25) is 0 Å². The molecule has 1 aromatic rings. The van der Waals surface area contributed by atoms with Crippen molar-refractivity contribution in [3.05, 3.63) is 35.9 Å². The van der Waals surface area contributed by atoms with Gasteiger partial charge in [0.15, 0.2) is 0 Å². The van der Waals surface area contributed by atoms with Gasteiger partial charge in [-0.1, -0.05) is 12.1 Å². The number of carbonyl (C=O) groups excluding carboxylic acids is 1. The standard InChI is InChI=1S/C13H17N2O/c1-14-8-5-9-15(11-10-14)13(16)12-6-3-2-4-7-12/h3-4,6-7H,5,8-11H2,1H3. The van der Waals surface area contributed by atoms with E-state index in [1.807, 2.05) is 17.0 Å². The Morgan fingerprint density at radius 1 is 1.19 bits per heavy atom. The lowest BCUT2D eigenvalue weighted by molar-refractivity contribution is 0.0763. The molecule has 1 aliphatic heterocycles. The highest BCUT2D eigenvalue weighted by Crippen LogP contribution is 2.07. The lowest BCUT2D eigenvalue weighted by Crippen LogP contribution is -2.34. The highest BCUT2D eigenvalue weighted by atomic mass is 16.2. The predicted molar refractivity (Wildman–Crippen MR) is 63.3 cm³/mol. The van der Waals surface area contributed by atoms with Crippen molar-refractivity contribution in [2.75, 3.05) is 33.2 Å². The van der Waals surface area contributed by atoms with E-state index in [0.717, 1.165) is 38.2 Å². The summed E-state index contributed by atoms with van der Waals surface area (Å²) < 4.78 is 0. The third kappa shape index (κ3) is 2.61. The van der Waals surface area contributed by atoms with Gasteiger partial charge in [0.25, 0.3) is 5.91 Å². The monoisotopic (exact) mass is 217 g/mol. The molecule has 0 aromatic heterocycles. The summed E-state index contributed by atoms with van der Waals surface area (Å²) in [6.07, 6.45) is 1.06. The largest absolute Gasteiger partial charge is 0.337 e. The first-order valence-corrected chi connectivity index (χ1v) is 5.71. The topological polar surface area (TPSA) is 23.6 Å². The van der Waals surface area contributed by atoms with Crippen LogP contribution in [-0.2, 0) is 0 Å². The Balaban J connectivity index is 2.04. The van der Waals surface area contributed by atoms with Gasteiger partial charge in [-0.2, -0.15) is 0 Å². The van der Waals surface area contributed by atoms with Crippen molar-refractivity contribution in [1.29, 1.82) is 0 Å². The quantitative estimate of drug-likeness (QED) is 0.707. The van der Waals surface area contributed by atoms with Gasteiger partial charge in [0, 0.05) is 25.2 Å². The van der Waals surface area contributed by atoms with E-state index in [9.17, 15) is 4.79 Å². The van der Waals surface area contributed by atoms with E-state index in [1.165, 1.54) is 0 Å². The first-order valence-electron chi connectivity index (χ1n) is 5.71. The minimum atomic E-state index is 0.143. The molecule has 0 N–H and O–H groups in total. The van der Waals surface area contributed by atoms with Crippen LogP contribution in [0.4, 0.5) is 0 Å². The fourth-order valence-electron chi connectivity index (χ4n) is 1.96. The molecule has 0 aliphatic carbocycles. The molecule has 0 bridgehead atoms. The molecule has 85 valence electrons. The summed E-state index contributed by atoms with van der Waals surface area (Å²) in [5, 5.41) is 0. The zero-order valence-corrected chi connectivity index (χ0v) is 9.65. The Morgan fingerprint density at radius 3 is 2.69 bits per heavy atom. The third-order valence-corrected chi connectivity index (χ3v) is 2.97. The second-order valence-corrected chi connectivity index (χ2v) is 4.24. The van der Waals surface area contributed by atoms with Crippen LogP contribution in [0.15, 0.2) is 24.3 Å². The maximum atomic E-state index is 12.2. The van der Waals surface area contributed by atoms with Crippen LogP contribution >= 0.6 is 0 Å². The third-order valence-electron chi connectivity index (χ3n) is 2.97. The van der Waals surface area contributed by atoms with Crippen LogP contribution < -0.4 is 0 Å². The Morgan fingerprint density at radius 2 is 1.94 bits per heavy atom. The molecule has 0 spiro atoms. The van der Waals surface area contributed by atoms with Crippen molar-refractivity contribution in [3.8, 4) is 0 Å². The zero-order valence-electron chi connectivity index (χ0n) is 9.65. The van der Waals surface area contributed by atoms with Crippen LogP contribution in [0.5, 0.6) is 0 Å². The maximum absolute atomic E-state index is 12.2. The summed E-state index contributed by atoms with van der Waals surface area (Å²) in [6.45, 7) is 3.73. The van der Waals surface area contributed by atoms with Gasteiger partial charge in [-0.05, 0) is 38.2 Å². The average Bonchev–Trinajstić information content (AvgIpc) is 2.54. The van der Waals surface area contributed by atoms with E-state index in [-0.39, 0.29) is 5.91 Å². The van der Waals surface area contributed by atoms with Gasteiger partial charge < -0.3 is 9.80 Å². The normalized spacial score (nSPS) is 18.2. The summed E-state index contributed by atoms with van der Waals surface area (Å²) in [5.41, 5.74) is 0.767. The van der Waals surface area contributed by atoms with Crippen LogP contribution in [0.1, 0.15) is 16.8 Å². The van der Waals surface area contributed by atoms with Crippen LogP contribution in [0.3, 0.4) is 0 Å². The van der Waals surface area contributed by atoms with Gasteiger partial charge in [0.2, 0.25) is 0 Å². The fourth-order valence-corrected chi connectivity index (χ4v) is 1.96. The minimum Gasteiger partial charge on any atom is -0.337 e. The first-order chi connectivity index (χ1) is 7.77. The molecule has 1 amide bonds. The molecule has 0 atom stereocenters. The van der Waals surface area contributed by atoms with Crippen molar-refractivity contribution in [2.45, 2.75) is 6.42 Å². The summed E-state index contributed by atoms with van der Waals surface area (Å²) >= 11 is 0. The smallest absolute Gasteiger partial charge is 0.253 e. The minimum absolute atomic E-state index is 0.143. The summed E-state index contributed by atoms with van der Waals surface area (Å²) in [5.74, 6) is 0.143. The number of carbonyl (C=O) groups is 1. The van der Waals surface area contributed by atoms with E-state index >= 15 is 0 Å². The zero-order chi connectivity index (χ0) is 11.4. The molecule has 1 heterocycles. The van der Waals surface area contributed by atoms with E-state index in [1.54, 1.807) is 12.1 Å². The molecule has 1 radical (unpaired) electrons. The van der Waals surface area contributed by atoms with Crippen molar-refractivity contribution in [3.63, 3.8) is 0 Å². The number of benzene rings is 1. The van der Waals surface area contributed by atoms with Gasteiger partial charge in [-0.25, -0.2) is 0 Å². The Labute approximate surface area is 96.7 Å². The van der Waals surface area contributed by atoms with Crippen LogP contribution in [0.25, 0.3) is 0 Å². The van der Waals surface area contributed by atoms with E-state index in [0.29, 0.717) is 0 Å². The second kappa shape index (κ2) is 5.12. The molecule has 1 aromatic carbocycles. The van der Waals surface area contributed by atoms with Gasteiger partial charge >= 0.3 is 0 Å². The number of nitrogens with zero attached hydrogens (tertiary/aromatic N) is 2. The van der Waals surface area contributed by atoms with Crippen molar-refractivity contribution in [2.24, 2.45) is 0 Å². The molecular formula is C13H17N2O. The Bertz CT molecular complexity index is 350. The fraction of sp³-hybridized carbons (Fsp3) is 0.462. The molecule has 1 fully saturated rings. The Kier molecular flexibility index (Phi) is 3.57. The van der Waals surface area contributed by atoms with E-state index in [4.69, 9.17) is 0 Å². The molecular weight excluding hydrogens is 200 g/mol. The lowest BCUT2D eigenvalue weighted by atomic mass is 10.2.